The second kappa shape index (κ2) is 7.13. The summed E-state index contributed by atoms with van der Waals surface area (Å²) in [6, 6.07) is 0.689. The van der Waals surface area contributed by atoms with Gasteiger partial charge in [0.1, 0.15) is 0 Å². The lowest BCUT2D eigenvalue weighted by Crippen LogP contribution is -2.50. The molecule has 1 aliphatic carbocycles. The van der Waals surface area contributed by atoms with Crippen LogP contribution in [-0.2, 0) is 4.79 Å². The van der Waals surface area contributed by atoms with Crippen LogP contribution in [0, 0.1) is 11.8 Å². The Hall–Kier alpha value is -0.570. The third-order valence-electron chi connectivity index (χ3n) is 4.06. The molecule has 1 rings (SSSR count). The Morgan fingerprint density at radius 2 is 1.72 bits per heavy atom. The Morgan fingerprint density at radius 1 is 1.17 bits per heavy atom. The van der Waals surface area contributed by atoms with Gasteiger partial charge in [0.15, 0.2) is 0 Å². The van der Waals surface area contributed by atoms with Crippen LogP contribution in [0.15, 0.2) is 0 Å². The first-order chi connectivity index (χ1) is 8.42. The minimum atomic E-state index is -0.0819. The van der Waals surface area contributed by atoms with Crippen molar-refractivity contribution in [2.45, 2.75) is 78.4 Å². The average Bonchev–Trinajstić information content (AvgIpc) is 2.27. The molecule has 18 heavy (non-hydrogen) atoms. The van der Waals surface area contributed by atoms with E-state index in [1.807, 2.05) is 6.92 Å². The van der Waals surface area contributed by atoms with Gasteiger partial charge in [-0.3, -0.25) is 4.79 Å². The number of carbonyl (C=O) groups excluding carboxylic acids is 1. The van der Waals surface area contributed by atoms with E-state index in [4.69, 9.17) is 0 Å². The average molecular weight is 254 g/mol. The van der Waals surface area contributed by atoms with Gasteiger partial charge in [-0.15, -0.1) is 0 Å². The Kier molecular flexibility index (Phi) is 6.13. The Morgan fingerprint density at radius 3 is 2.22 bits per heavy atom. The summed E-state index contributed by atoms with van der Waals surface area (Å²) in [7, 11) is 0. The molecule has 0 heterocycles. The van der Waals surface area contributed by atoms with Crippen molar-refractivity contribution < 1.29 is 4.79 Å². The Labute approximate surface area is 112 Å². The SMILES string of the molecule is CCC(C)NC(=O)C(C)NC1CC(C)CC(C)C1. The molecule has 4 unspecified atom stereocenters. The largest absolute Gasteiger partial charge is 0.352 e. The second-order valence-electron chi connectivity index (χ2n) is 6.32. The monoisotopic (exact) mass is 254 g/mol. The van der Waals surface area contributed by atoms with Gasteiger partial charge >= 0.3 is 0 Å². The van der Waals surface area contributed by atoms with Crippen molar-refractivity contribution in [3.05, 3.63) is 0 Å². The zero-order valence-corrected chi connectivity index (χ0v) is 12.6. The van der Waals surface area contributed by atoms with Gasteiger partial charge in [-0.2, -0.15) is 0 Å². The predicted octanol–water partition coefficient (Wildman–Crippen LogP) is 2.70. The van der Waals surface area contributed by atoms with E-state index < -0.39 is 0 Å². The number of amides is 1. The molecule has 0 saturated heterocycles. The van der Waals surface area contributed by atoms with Crippen molar-refractivity contribution in [3.63, 3.8) is 0 Å². The highest BCUT2D eigenvalue weighted by molar-refractivity contribution is 5.81. The molecule has 0 aromatic heterocycles. The van der Waals surface area contributed by atoms with Gasteiger partial charge in [0.25, 0.3) is 0 Å². The molecule has 1 saturated carbocycles. The molecule has 4 atom stereocenters. The number of hydrogen-bond donors (Lipinski definition) is 2. The second-order valence-corrected chi connectivity index (χ2v) is 6.32. The van der Waals surface area contributed by atoms with E-state index in [2.05, 4.69) is 38.3 Å². The summed E-state index contributed by atoms with van der Waals surface area (Å²) in [5, 5.41) is 6.54. The van der Waals surface area contributed by atoms with Gasteiger partial charge in [-0.25, -0.2) is 0 Å². The van der Waals surface area contributed by atoms with E-state index in [0.717, 1.165) is 18.3 Å². The van der Waals surface area contributed by atoms with Crippen molar-refractivity contribution in [2.75, 3.05) is 0 Å². The summed E-state index contributed by atoms with van der Waals surface area (Å²) < 4.78 is 0. The van der Waals surface area contributed by atoms with Crippen LogP contribution in [0.4, 0.5) is 0 Å². The van der Waals surface area contributed by atoms with Crippen LogP contribution in [0.25, 0.3) is 0 Å². The molecule has 106 valence electrons. The summed E-state index contributed by atoms with van der Waals surface area (Å²) in [5.41, 5.74) is 0. The molecule has 3 heteroatoms. The zero-order chi connectivity index (χ0) is 13.7. The number of carbonyl (C=O) groups is 1. The van der Waals surface area contributed by atoms with Crippen LogP contribution in [0.2, 0.25) is 0 Å². The van der Waals surface area contributed by atoms with E-state index in [1.165, 1.54) is 19.3 Å². The molecule has 0 spiro atoms. The molecule has 0 aliphatic heterocycles. The standard InChI is InChI=1S/C15H30N2O/c1-6-12(4)16-15(18)13(5)17-14-8-10(2)7-11(3)9-14/h10-14,17H,6-9H2,1-5H3,(H,16,18). The summed E-state index contributed by atoms with van der Waals surface area (Å²) in [6.07, 6.45) is 4.71. The predicted molar refractivity (Wildman–Crippen MR) is 76.5 cm³/mol. The summed E-state index contributed by atoms with van der Waals surface area (Å²) in [5.74, 6) is 1.68. The van der Waals surface area contributed by atoms with Crippen LogP contribution >= 0.6 is 0 Å². The van der Waals surface area contributed by atoms with E-state index >= 15 is 0 Å². The highest BCUT2D eigenvalue weighted by Crippen LogP contribution is 2.28. The quantitative estimate of drug-likeness (QED) is 0.792. The first kappa shape index (κ1) is 15.5. The van der Waals surface area contributed by atoms with Crippen molar-refractivity contribution >= 4 is 5.91 Å². The third kappa shape index (κ3) is 4.97. The van der Waals surface area contributed by atoms with Gasteiger partial charge in [-0.1, -0.05) is 20.8 Å². The Balaban J connectivity index is 2.38. The van der Waals surface area contributed by atoms with Crippen LogP contribution in [-0.4, -0.2) is 24.0 Å². The van der Waals surface area contributed by atoms with Gasteiger partial charge in [0.2, 0.25) is 5.91 Å². The van der Waals surface area contributed by atoms with Crippen LogP contribution in [0.3, 0.4) is 0 Å². The third-order valence-corrected chi connectivity index (χ3v) is 4.06. The van der Waals surface area contributed by atoms with Crippen LogP contribution in [0.5, 0.6) is 0 Å². The molecule has 1 amide bonds. The topological polar surface area (TPSA) is 41.1 Å². The lowest BCUT2D eigenvalue weighted by atomic mass is 9.80. The lowest BCUT2D eigenvalue weighted by Gasteiger charge is -2.33. The van der Waals surface area contributed by atoms with Crippen LogP contribution < -0.4 is 10.6 Å². The summed E-state index contributed by atoms with van der Waals surface area (Å²) in [6.45, 7) is 10.7. The molecule has 0 aromatic rings. The van der Waals surface area contributed by atoms with Crippen molar-refractivity contribution in [1.29, 1.82) is 0 Å². The van der Waals surface area contributed by atoms with Crippen molar-refractivity contribution in [2.24, 2.45) is 11.8 Å². The lowest BCUT2D eigenvalue weighted by molar-refractivity contribution is -0.123. The minimum absolute atomic E-state index is 0.0819. The van der Waals surface area contributed by atoms with Gasteiger partial charge < -0.3 is 10.6 Å². The van der Waals surface area contributed by atoms with Crippen molar-refractivity contribution in [3.8, 4) is 0 Å². The van der Waals surface area contributed by atoms with Crippen LogP contribution in [0.1, 0.15) is 60.3 Å². The van der Waals surface area contributed by atoms with E-state index in [1.54, 1.807) is 0 Å². The highest BCUT2D eigenvalue weighted by atomic mass is 16.2. The zero-order valence-electron chi connectivity index (χ0n) is 12.6. The minimum Gasteiger partial charge on any atom is -0.352 e. The highest BCUT2D eigenvalue weighted by Gasteiger charge is 2.26. The molecule has 3 nitrogen and oxygen atoms in total. The van der Waals surface area contributed by atoms with E-state index in [-0.39, 0.29) is 18.0 Å². The van der Waals surface area contributed by atoms with E-state index in [9.17, 15) is 4.79 Å². The molecule has 1 aliphatic rings. The summed E-state index contributed by atoms with van der Waals surface area (Å²) in [4.78, 5) is 12.0. The number of rotatable bonds is 5. The van der Waals surface area contributed by atoms with Crippen molar-refractivity contribution in [1.82, 2.24) is 10.6 Å². The fourth-order valence-electron chi connectivity index (χ4n) is 2.98. The molecule has 0 bridgehead atoms. The number of nitrogens with one attached hydrogen (secondary N) is 2. The van der Waals surface area contributed by atoms with Gasteiger partial charge in [-0.05, 0) is 51.4 Å². The number of hydrogen-bond acceptors (Lipinski definition) is 2. The maximum absolute atomic E-state index is 12.0. The normalized spacial score (nSPS) is 31.7. The Bertz CT molecular complexity index is 257. The summed E-state index contributed by atoms with van der Waals surface area (Å²) >= 11 is 0. The molecular weight excluding hydrogens is 224 g/mol. The maximum atomic E-state index is 12.0. The first-order valence-electron chi connectivity index (χ1n) is 7.48. The fraction of sp³-hybridized carbons (Fsp3) is 0.933. The van der Waals surface area contributed by atoms with Gasteiger partial charge in [0, 0.05) is 12.1 Å². The maximum Gasteiger partial charge on any atom is 0.237 e. The van der Waals surface area contributed by atoms with Gasteiger partial charge in [0.05, 0.1) is 6.04 Å². The first-order valence-corrected chi connectivity index (χ1v) is 7.48. The molecule has 0 aromatic carbocycles. The molecule has 2 N–H and O–H groups in total. The molecule has 0 radical (unpaired) electrons. The smallest absolute Gasteiger partial charge is 0.237 e. The van der Waals surface area contributed by atoms with E-state index in [0.29, 0.717) is 6.04 Å². The molecule has 1 fully saturated rings. The fourth-order valence-corrected chi connectivity index (χ4v) is 2.98. The molecular formula is C15H30N2O.